The van der Waals surface area contributed by atoms with Crippen molar-refractivity contribution in [2.45, 2.75) is 11.8 Å². The van der Waals surface area contributed by atoms with Crippen molar-refractivity contribution in [2.75, 3.05) is 14.2 Å². The number of halogens is 3. The largest absolute Gasteiger partial charge is 0.496 e. The van der Waals surface area contributed by atoms with E-state index < -0.39 is 0 Å². The highest BCUT2D eigenvalue weighted by molar-refractivity contribution is 9.10. The molecule has 0 amide bonds. The van der Waals surface area contributed by atoms with E-state index in [1.807, 2.05) is 24.3 Å². The molecule has 2 aromatic carbocycles. The molecule has 1 unspecified atom stereocenters. The molecule has 2 rings (SSSR count). The standard InChI is InChI=1S/C16H15BrClFO2/c1-20-15-6-4-3-5-10(15)7-13(18)11-8-12(17)14(19)9-16(11)21-2/h3-6,8-9,13H,7H2,1-2H3. The van der Waals surface area contributed by atoms with Gasteiger partial charge in [0.25, 0.3) is 0 Å². The number of hydrogen-bond acceptors (Lipinski definition) is 2. The maximum Gasteiger partial charge on any atom is 0.141 e. The van der Waals surface area contributed by atoms with Crippen LogP contribution in [0.25, 0.3) is 0 Å². The Balaban J connectivity index is 2.32. The maximum absolute atomic E-state index is 13.6. The van der Waals surface area contributed by atoms with Gasteiger partial charge in [0.1, 0.15) is 17.3 Å². The van der Waals surface area contributed by atoms with Crippen molar-refractivity contribution in [2.24, 2.45) is 0 Å². The summed E-state index contributed by atoms with van der Waals surface area (Å²) in [5.74, 6) is 0.839. The van der Waals surface area contributed by atoms with Crippen LogP contribution in [0.4, 0.5) is 4.39 Å². The number of alkyl halides is 1. The second-order valence-corrected chi connectivity index (χ2v) is 5.87. The van der Waals surface area contributed by atoms with Crippen LogP contribution in [0.2, 0.25) is 0 Å². The van der Waals surface area contributed by atoms with Gasteiger partial charge in [-0.1, -0.05) is 18.2 Å². The van der Waals surface area contributed by atoms with Crippen LogP contribution in [0.15, 0.2) is 40.9 Å². The minimum atomic E-state index is -0.378. The van der Waals surface area contributed by atoms with Crippen molar-refractivity contribution in [3.05, 3.63) is 57.8 Å². The summed E-state index contributed by atoms with van der Waals surface area (Å²) in [4.78, 5) is 0. The summed E-state index contributed by atoms with van der Waals surface area (Å²) in [6.45, 7) is 0. The molecule has 0 fully saturated rings. The lowest BCUT2D eigenvalue weighted by Gasteiger charge is -2.16. The van der Waals surface area contributed by atoms with E-state index in [0.717, 1.165) is 16.9 Å². The minimum Gasteiger partial charge on any atom is -0.496 e. The molecule has 0 heterocycles. The third kappa shape index (κ3) is 3.69. The maximum atomic E-state index is 13.6. The van der Waals surface area contributed by atoms with Crippen molar-refractivity contribution in [3.8, 4) is 11.5 Å². The Labute approximate surface area is 137 Å². The van der Waals surface area contributed by atoms with Gasteiger partial charge in [-0.15, -0.1) is 11.6 Å². The van der Waals surface area contributed by atoms with E-state index >= 15 is 0 Å². The Kier molecular flexibility index (Phi) is 5.48. The molecule has 0 aliphatic rings. The fraction of sp³-hybridized carbons (Fsp3) is 0.250. The molecule has 1 atom stereocenters. The van der Waals surface area contributed by atoms with Gasteiger partial charge in [-0.05, 0) is 40.0 Å². The van der Waals surface area contributed by atoms with E-state index in [2.05, 4.69) is 15.9 Å². The van der Waals surface area contributed by atoms with E-state index in [4.69, 9.17) is 21.1 Å². The van der Waals surface area contributed by atoms with Gasteiger partial charge in [0, 0.05) is 11.6 Å². The van der Waals surface area contributed by atoms with Gasteiger partial charge in [0.2, 0.25) is 0 Å². The summed E-state index contributed by atoms with van der Waals surface area (Å²) >= 11 is 9.68. The van der Waals surface area contributed by atoms with Gasteiger partial charge >= 0.3 is 0 Å². The summed E-state index contributed by atoms with van der Waals surface area (Å²) in [6.07, 6.45) is 0.556. The number of hydrogen-bond donors (Lipinski definition) is 0. The molecule has 0 radical (unpaired) electrons. The summed E-state index contributed by atoms with van der Waals surface area (Å²) < 4.78 is 24.5. The van der Waals surface area contributed by atoms with E-state index in [1.165, 1.54) is 13.2 Å². The van der Waals surface area contributed by atoms with Crippen LogP contribution in [0.5, 0.6) is 11.5 Å². The molecule has 2 nitrogen and oxygen atoms in total. The van der Waals surface area contributed by atoms with Gasteiger partial charge in [0.05, 0.1) is 24.1 Å². The Morgan fingerprint density at radius 3 is 2.48 bits per heavy atom. The number of ether oxygens (including phenoxy) is 2. The molecule has 0 aliphatic heterocycles. The van der Waals surface area contributed by atoms with Crippen molar-refractivity contribution < 1.29 is 13.9 Å². The molecule has 0 saturated carbocycles. The normalized spacial score (nSPS) is 12.0. The molecule has 0 aromatic heterocycles. The fourth-order valence-corrected chi connectivity index (χ4v) is 2.84. The van der Waals surface area contributed by atoms with Crippen LogP contribution in [0.1, 0.15) is 16.5 Å². The molecule has 0 N–H and O–H groups in total. The third-order valence-corrected chi connectivity index (χ3v) is 4.20. The number of rotatable bonds is 5. The fourth-order valence-electron chi connectivity index (χ4n) is 2.14. The zero-order chi connectivity index (χ0) is 15.4. The first-order valence-electron chi connectivity index (χ1n) is 6.35. The van der Waals surface area contributed by atoms with Crippen LogP contribution in [0, 0.1) is 5.82 Å². The number of methoxy groups -OCH3 is 2. The van der Waals surface area contributed by atoms with E-state index in [9.17, 15) is 4.39 Å². The number of benzene rings is 2. The highest BCUT2D eigenvalue weighted by atomic mass is 79.9. The summed E-state index contributed by atoms with van der Waals surface area (Å²) in [7, 11) is 3.12. The first-order valence-corrected chi connectivity index (χ1v) is 7.58. The first kappa shape index (κ1) is 16.1. The molecular formula is C16H15BrClFO2. The van der Waals surface area contributed by atoms with Crippen LogP contribution in [-0.2, 0) is 6.42 Å². The molecule has 0 spiro atoms. The van der Waals surface area contributed by atoms with Gasteiger partial charge in [-0.3, -0.25) is 0 Å². The van der Waals surface area contributed by atoms with Crippen LogP contribution < -0.4 is 9.47 Å². The van der Waals surface area contributed by atoms with E-state index in [0.29, 0.717) is 16.6 Å². The summed E-state index contributed by atoms with van der Waals surface area (Å²) in [5.41, 5.74) is 1.72. The first-order chi connectivity index (χ1) is 10.1. The van der Waals surface area contributed by atoms with Crippen LogP contribution >= 0.6 is 27.5 Å². The Bertz CT molecular complexity index is 634. The highest BCUT2D eigenvalue weighted by Gasteiger charge is 2.18. The van der Waals surface area contributed by atoms with Gasteiger partial charge in [0.15, 0.2) is 0 Å². The van der Waals surface area contributed by atoms with Crippen molar-refractivity contribution in [3.63, 3.8) is 0 Å². The average Bonchev–Trinajstić information content (AvgIpc) is 2.50. The molecule has 0 bridgehead atoms. The molecular weight excluding hydrogens is 359 g/mol. The minimum absolute atomic E-state index is 0.354. The monoisotopic (exact) mass is 372 g/mol. The van der Waals surface area contributed by atoms with Gasteiger partial charge in [-0.2, -0.15) is 0 Å². The quantitative estimate of drug-likeness (QED) is 0.677. The zero-order valence-corrected chi connectivity index (χ0v) is 14.0. The summed E-state index contributed by atoms with van der Waals surface area (Å²) in [6, 6.07) is 10.7. The van der Waals surface area contributed by atoms with Gasteiger partial charge < -0.3 is 9.47 Å². The van der Waals surface area contributed by atoms with Crippen LogP contribution in [0.3, 0.4) is 0 Å². The smallest absolute Gasteiger partial charge is 0.141 e. The second kappa shape index (κ2) is 7.14. The Morgan fingerprint density at radius 2 is 1.81 bits per heavy atom. The molecule has 21 heavy (non-hydrogen) atoms. The third-order valence-electron chi connectivity index (χ3n) is 3.20. The van der Waals surface area contributed by atoms with E-state index in [-0.39, 0.29) is 11.2 Å². The van der Waals surface area contributed by atoms with Crippen molar-refractivity contribution in [1.29, 1.82) is 0 Å². The lowest BCUT2D eigenvalue weighted by molar-refractivity contribution is 0.402. The Hall–Kier alpha value is -1.26. The van der Waals surface area contributed by atoms with Crippen LogP contribution in [-0.4, -0.2) is 14.2 Å². The second-order valence-electron chi connectivity index (χ2n) is 4.49. The zero-order valence-electron chi connectivity index (χ0n) is 11.7. The summed E-state index contributed by atoms with van der Waals surface area (Å²) in [5, 5.41) is -0.354. The molecule has 2 aromatic rings. The lowest BCUT2D eigenvalue weighted by Crippen LogP contribution is -2.02. The molecule has 0 aliphatic carbocycles. The van der Waals surface area contributed by atoms with Gasteiger partial charge in [-0.25, -0.2) is 4.39 Å². The SMILES string of the molecule is COc1ccccc1CC(Cl)c1cc(Br)c(F)cc1OC. The average molecular weight is 374 g/mol. The van der Waals surface area contributed by atoms with Crippen molar-refractivity contribution >= 4 is 27.5 Å². The topological polar surface area (TPSA) is 18.5 Å². The predicted octanol–water partition coefficient (Wildman–Crippen LogP) is 5.13. The van der Waals surface area contributed by atoms with E-state index in [1.54, 1.807) is 13.2 Å². The molecule has 5 heteroatoms. The lowest BCUT2D eigenvalue weighted by atomic mass is 10.0. The number of para-hydroxylation sites is 1. The van der Waals surface area contributed by atoms with Crippen molar-refractivity contribution in [1.82, 2.24) is 0 Å². The Morgan fingerprint density at radius 1 is 1.14 bits per heavy atom. The highest BCUT2D eigenvalue weighted by Crippen LogP contribution is 2.37. The molecule has 112 valence electrons. The molecule has 0 saturated heterocycles. The predicted molar refractivity (Wildman–Crippen MR) is 85.9 cm³/mol.